The molecule has 1 heterocycles. The smallest absolute Gasteiger partial charge is 0.222 e. The zero-order valence-corrected chi connectivity index (χ0v) is 13.2. The molecule has 1 saturated heterocycles. The van der Waals surface area contributed by atoms with Crippen molar-refractivity contribution in [2.45, 2.75) is 69.9 Å². The number of hydrogen-bond donors (Lipinski definition) is 2. The Hall–Kier alpha value is -0.320. The first-order valence-corrected chi connectivity index (χ1v) is 7.96. The van der Waals surface area contributed by atoms with Crippen molar-refractivity contribution in [1.82, 2.24) is 10.6 Å². The van der Waals surface area contributed by atoms with Gasteiger partial charge in [0.2, 0.25) is 5.91 Å². The Kier molecular flexibility index (Phi) is 9.23. The van der Waals surface area contributed by atoms with Crippen molar-refractivity contribution in [1.29, 1.82) is 0 Å². The molecule has 0 aromatic heterocycles. The Balaban J connectivity index is 0.00000200. The first-order chi connectivity index (χ1) is 9.34. The third-order valence-corrected chi connectivity index (χ3v) is 4.17. The van der Waals surface area contributed by atoms with Crippen LogP contribution in [0.1, 0.15) is 57.8 Å². The van der Waals surface area contributed by atoms with E-state index >= 15 is 0 Å². The molecule has 1 atom stereocenters. The molecule has 0 aromatic carbocycles. The number of ether oxygens (including phenoxy) is 1. The van der Waals surface area contributed by atoms with Crippen LogP contribution in [-0.2, 0) is 9.53 Å². The van der Waals surface area contributed by atoms with Gasteiger partial charge < -0.3 is 15.4 Å². The van der Waals surface area contributed by atoms with Crippen LogP contribution in [0, 0.1) is 0 Å². The van der Waals surface area contributed by atoms with Crippen molar-refractivity contribution in [3.8, 4) is 0 Å². The summed E-state index contributed by atoms with van der Waals surface area (Å²) < 4.78 is 5.46. The van der Waals surface area contributed by atoms with Gasteiger partial charge in [-0.3, -0.25) is 4.79 Å². The van der Waals surface area contributed by atoms with Gasteiger partial charge in [-0.05, 0) is 25.7 Å². The number of nitrogens with one attached hydrogen (secondary N) is 2. The average molecular weight is 305 g/mol. The fourth-order valence-corrected chi connectivity index (χ4v) is 3.05. The minimum atomic E-state index is 0. The van der Waals surface area contributed by atoms with E-state index in [1.165, 1.54) is 38.5 Å². The maximum Gasteiger partial charge on any atom is 0.222 e. The van der Waals surface area contributed by atoms with Crippen molar-refractivity contribution < 1.29 is 9.53 Å². The number of halogens is 1. The SMILES string of the molecule is Cl.O=C(CC1CCCO1)NCCNC1CCCCCC1. The summed E-state index contributed by atoms with van der Waals surface area (Å²) in [4.78, 5) is 11.7. The second-order valence-electron chi connectivity index (χ2n) is 5.83. The Morgan fingerprint density at radius 3 is 2.40 bits per heavy atom. The predicted octanol–water partition coefficient (Wildman–Crippen LogP) is 2.41. The van der Waals surface area contributed by atoms with Crippen LogP contribution in [-0.4, -0.2) is 37.7 Å². The van der Waals surface area contributed by atoms with E-state index in [-0.39, 0.29) is 24.4 Å². The fraction of sp³-hybridized carbons (Fsp3) is 0.933. The quantitative estimate of drug-likeness (QED) is 0.585. The first-order valence-electron chi connectivity index (χ1n) is 7.96. The molecule has 1 aliphatic carbocycles. The maximum absolute atomic E-state index is 11.7. The highest BCUT2D eigenvalue weighted by atomic mass is 35.5. The van der Waals surface area contributed by atoms with Crippen LogP contribution in [0.4, 0.5) is 0 Å². The van der Waals surface area contributed by atoms with Crippen molar-refractivity contribution in [3.05, 3.63) is 0 Å². The van der Waals surface area contributed by atoms with E-state index in [0.717, 1.165) is 32.5 Å². The van der Waals surface area contributed by atoms with Crippen LogP contribution in [0.5, 0.6) is 0 Å². The van der Waals surface area contributed by atoms with Gasteiger partial charge in [0, 0.05) is 25.7 Å². The summed E-state index contributed by atoms with van der Waals surface area (Å²) >= 11 is 0. The highest BCUT2D eigenvalue weighted by molar-refractivity contribution is 5.85. The molecule has 2 aliphatic rings. The summed E-state index contributed by atoms with van der Waals surface area (Å²) in [6.45, 7) is 2.45. The molecule has 5 heteroatoms. The summed E-state index contributed by atoms with van der Waals surface area (Å²) in [5.74, 6) is 0.134. The third-order valence-electron chi connectivity index (χ3n) is 4.17. The van der Waals surface area contributed by atoms with E-state index < -0.39 is 0 Å². The van der Waals surface area contributed by atoms with Gasteiger partial charge in [0.05, 0.1) is 12.5 Å². The Morgan fingerprint density at radius 1 is 1.00 bits per heavy atom. The number of amides is 1. The molecule has 1 unspecified atom stereocenters. The minimum absolute atomic E-state index is 0. The van der Waals surface area contributed by atoms with Crippen molar-refractivity contribution in [2.24, 2.45) is 0 Å². The standard InChI is InChI=1S/C15H28N2O2.ClH/c18-15(12-14-8-5-11-19-14)17-10-9-16-13-6-3-1-2-4-7-13;/h13-14,16H,1-12H2,(H,17,18);1H. The first kappa shape index (κ1) is 17.7. The summed E-state index contributed by atoms with van der Waals surface area (Å²) in [5.41, 5.74) is 0. The molecule has 4 nitrogen and oxygen atoms in total. The molecule has 1 aliphatic heterocycles. The van der Waals surface area contributed by atoms with Crippen LogP contribution in [0.25, 0.3) is 0 Å². The normalized spacial score (nSPS) is 23.9. The number of hydrogen-bond acceptors (Lipinski definition) is 3. The van der Waals surface area contributed by atoms with E-state index in [1.807, 2.05) is 0 Å². The third kappa shape index (κ3) is 6.91. The van der Waals surface area contributed by atoms with Gasteiger partial charge in [-0.25, -0.2) is 0 Å². The molecule has 20 heavy (non-hydrogen) atoms. The second kappa shape index (κ2) is 10.4. The van der Waals surface area contributed by atoms with Crippen molar-refractivity contribution in [3.63, 3.8) is 0 Å². The van der Waals surface area contributed by atoms with Gasteiger partial charge in [-0.2, -0.15) is 0 Å². The van der Waals surface area contributed by atoms with Gasteiger partial charge in [-0.1, -0.05) is 25.7 Å². The molecule has 1 amide bonds. The Bertz CT molecular complexity index is 263. The topological polar surface area (TPSA) is 50.4 Å². The highest BCUT2D eigenvalue weighted by Gasteiger charge is 2.18. The van der Waals surface area contributed by atoms with Crippen molar-refractivity contribution in [2.75, 3.05) is 19.7 Å². The monoisotopic (exact) mass is 304 g/mol. The number of rotatable bonds is 6. The summed E-state index contributed by atoms with van der Waals surface area (Å²) in [6, 6.07) is 0.664. The average Bonchev–Trinajstić information content (AvgIpc) is 2.76. The zero-order valence-electron chi connectivity index (χ0n) is 12.4. The lowest BCUT2D eigenvalue weighted by atomic mass is 10.1. The Labute approximate surface area is 128 Å². The minimum Gasteiger partial charge on any atom is -0.378 e. The summed E-state index contributed by atoms with van der Waals surface area (Å²) in [7, 11) is 0. The summed E-state index contributed by atoms with van der Waals surface area (Å²) in [6.07, 6.45) is 10.9. The molecule has 0 radical (unpaired) electrons. The lowest BCUT2D eigenvalue weighted by molar-refractivity contribution is -0.123. The zero-order chi connectivity index (χ0) is 13.3. The fourth-order valence-electron chi connectivity index (χ4n) is 3.05. The molecule has 1 saturated carbocycles. The van der Waals surface area contributed by atoms with E-state index in [9.17, 15) is 4.79 Å². The van der Waals surface area contributed by atoms with Crippen LogP contribution in [0.3, 0.4) is 0 Å². The highest BCUT2D eigenvalue weighted by Crippen LogP contribution is 2.17. The second-order valence-corrected chi connectivity index (χ2v) is 5.83. The molecule has 2 N–H and O–H groups in total. The number of carbonyl (C=O) groups excluding carboxylic acids is 1. The van der Waals surface area contributed by atoms with Crippen LogP contribution < -0.4 is 10.6 Å². The lowest BCUT2D eigenvalue weighted by Gasteiger charge is -2.16. The molecule has 2 rings (SSSR count). The molecular weight excluding hydrogens is 276 g/mol. The number of carbonyl (C=O) groups is 1. The molecule has 0 bridgehead atoms. The van der Waals surface area contributed by atoms with E-state index in [4.69, 9.17) is 4.74 Å². The molecule has 0 aromatic rings. The van der Waals surface area contributed by atoms with Gasteiger partial charge in [0.15, 0.2) is 0 Å². The van der Waals surface area contributed by atoms with E-state index in [1.54, 1.807) is 0 Å². The van der Waals surface area contributed by atoms with Crippen LogP contribution in [0.15, 0.2) is 0 Å². The molecular formula is C15H29ClN2O2. The predicted molar refractivity (Wildman–Crippen MR) is 83.3 cm³/mol. The van der Waals surface area contributed by atoms with Gasteiger partial charge in [0.1, 0.15) is 0 Å². The van der Waals surface area contributed by atoms with Gasteiger partial charge in [-0.15, -0.1) is 12.4 Å². The largest absolute Gasteiger partial charge is 0.378 e. The van der Waals surface area contributed by atoms with E-state index in [0.29, 0.717) is 12.5 Å². The van der Waals surface area contributed by atoms with Crippen molar-refractivity contribution >= 4 is 18.3 Å². The summed E-state index contributed by atoms with van der Waals surface area (Å²) in [5, 5.41) is 6.55. The molecule has 2 fully saturated rings. The van der Waals surface area contributed by atoms with Gasteiger partial charge >= 0.3 is 0 Å². The van der Waals surface area contributed by atoms with Crippen LogP contribution >= 0.6 is 12.4 Å². The van der Waals surface area contributed by atoms with Gasteiger partial charge in [0.25, 0.3) is 0 Å². The van der Waals surface area contributed by atoms with Crippen LogP contribution in [0.2, 0.25) is 0 Å². The molecule has 0 spiro atoms. The maximum atomic E-state index is 11.7. The van der Waals surface area contributed by atoms with E-state index in [2.05, 4.69) is 10.6 Å². The Morgan fingerprint density at radius 2 is 1.75 bits per heavy atom. The lowest BCUT2D eigenvalue weighted by Crippen LogP contribution is -2.37. The molecule has 118 valence electrons.